The van der Waals surface area contributed by atoms with Gasteiger partial charge in [-0.1, -0.05) is 12.5 Å². The second kappa shape index (κ2) is 5.44. The number of hydrogen-bond donors (Lipinski definition) is 1. The minimum atomic E-state index is -1.23. The SMILES string of the molecule is O=C(O)C(c1c(F)cccc1F)N1CCCCC1. The van der Waals surface area contributed by atoms with Crippen LogP contribution in [0.3, 0.4) is 0 Å². The quantitative estimate of drug-likeness (QED) is 0.902. The molecule has 0 spiro atoms. The van der Waals surface area contributed by atoms with Gasteiger partial charge in [0.1, 0.15) is 17.7 Å². The minimum Gasteiger partial charge on any atom is -0.480 e. The second-order valence-electron chi connectivity index (χ2n) is 4.47. The third kappa shape index (κ3) is 2.51. The summed E-state index contributed by atoms with van der Waals surface area (Å²) >= 11 is 0. The van der Waals surface area contributed by atoms with Crippen molar-refractivity contribution >= 4 is 5.97 Å². The van der Waals surface area contributed by atoms with Crippen molar-refractivity contribution in [3.05, 3.63) is 35.4 Å². The van der Waals surface area contributed by atoms with Gasteiger partial charge in [-0.2, -0.15) is 0 Å². The van der Waals surface area contributed by atoms with Gasteiger partial charge in [0.15, 0.2) is 0 Å². The van der Waals surface area contributed by atoms with Gasteiger partial charge in [0.25, 0.3) is 0 Å². The summed E-state index contributed by atoms with van der Waals surface area (Å²) in [4.78, 5) is 13.0. The summed E-state index contributed by atoms with van der Waals surface area (Å²) < 4.78 is 27.4. The standard InChI is InChI=1S/C13H15F2NO2/c14-9-5-4-6-10(15)11(9)12(13(17)18)16-7-2-1-3-8-16/h4-6,12H,1-3,7-8H2,(H,17,18). The molecule has 1 N–H and O–H groups in total. The zero-order chi connectivity index (χ0) is 13.1. The number of hydrogen-bond acceptors (Lipinski definition) is 2. The largest absolute Gasteiger partial charge is 0.480 e. The average molecular weight is 255 g/mol. The van der Waals surface area contributed by atoms with E-state index >= 15 is 0 Å². The molecule has 0 aromatic heterocycles. The van der Waals surface area contributed by atoms with E-state index in [0.717, 1.165) is 31.4 Å². The average Bonchev–Trinajstić information content (AvgIpc) is 2.34. The van der Waals surface area contributed by atoms with E-state index in [1.165, 1.54) is 6.07 Å². The Balaban J connectivity index is 2.37. The van der Waals surface area contributed by atoms with Crippen LogP contribution in [0.1, 0.15) is 30.9 Å². The van der Waals surface area contributed by atoms with Crippen LogP contribution in [0.15, 0.2) is 18.2 Å². The van der Waals surface area contributed by atoms with Crippen LogP contribution in [0.25, 0.3) is 0 Å². The maximum Gasteiger partial charge on any atom is 0.325 e. The molecule has 1 saturated heterocycles. The van der Waals surface area contributed by atoms with Crippen LogP contribution in [0.2, 0.25) is 0 Å². The number of carboxylic acid groups (broad SMARTS) is 1. The van der Waals surface area contributed by atoms with Gasteiger partial charge in [0.2, 0.25) is 0 Å². The first-order valence-corrected chi connectivity index (χ1v) is 6.02. The van der Waals surface area contributed by atoms with Crippen LogP contribution < -0.4 is 0 Å². The smallest absolute Gasteiger partial charge is 0.325 e. The lowest BCUT2D eigenvalue weighted by atomic mass is 10.0. The van der Waals surface area contributed by atoms with E-state index in [1.807, 2.05) is 0 Å². The molecule has 3 nitrogen and oxygen atoms in total. The molecule has 2 rings (SSSR count). The van der Waals surface area contributed by atoms with Gasteiger partial charge >= 0.3 is 5.97 Å². The fourth-order valence-electron chi connectivity index (χ4n) is 2.41. The molecule has 1 aromatic carbocycles. The van der Waals surface area contributed by atoms with Crippen LogP contribution in [0.4, 0.5) is 8.78 Å². The number of benzene rings is 1. The van der Waals surface area contributed by atoms with Gasteiger partial charge in [-0.25, -0.2) is 8.78 Å². The van der Waals surface area contributed by atoms with Crippen LogP contribution in [0.5, 0.6) is 0 Å². The highest BCUT2D eigenvalue weighted by Gasteiger charge is 2.32. The van der Waals surface area contributed by atoms with Gasteiger partial charge in [-0.3, -0.25) is 9.69 Å². The van der Waals surface area contributed by atoms with Crippen molar-refractivity contribution in [1.29, 1.82) is 0 Å². The van der Waals surface area contributed by atoms with Crippen LogP contribution in [0, 0.1) is 11.6 Å². The fourth-order valence-corrected chi connectivity index (χ4v) is 2.41. The molecule has 1 fully saturated rings. The maximum absolute atomic E-state index is 13.7. The highest BCUT2D eigenvalue weighted by molar-refractivity contribution is 5.75. The van der Waals surface area contributed by atoms with E-state index < -0.39 is 23.6 Å². The minimum absolute atomic E-state index is 0.355. The van der Waals surface area contributed by atoms with E-state index in [4.69, 9.17) is 0 Å². The maximum atomic E-state index is 13.7. The molecule has 0 amide bonds. The molecular weight excluding hydrogens is 240 g/mol. The lowest BCUT2D eigenvalue weighted by Crippen LogP contribution is -2.38. The number of nitrogens with zero attached hydrogens (tertiary/aromatic N) is 1. The van der Waals surface area contributed by atoms with E-state index in [2.05, 4.69) is 0 Å². The number of aliphatic carboxylic acids is 1. The summed E-state index contributed by atoms with van der Waals surface area (Å²) in [5, 5.41) is 9.25. The predicted octanol–water partition coefficient (Wildman–Crippen LogP) is 2.58. The number of piperidine rings is 1. The Bertz CT molecular complexity index is 424. The first kappa shape index (κ1) is 13.0. The van der Waals surface area contributed by atoms with Crippen molar-refractivity contribution in [1.82, 2.24) is 4.90 Å². The lowest BCUT2D eigenvalue weighted by Gasteiger charge is -2.32. The van der Waals surface area contributed by atoms with E-state index in [0.29, 0.717) is 13.1 Å². The van der Waals surface area contributed by atoms with Crippen molar-refractivity contribution in [2.75, 3.05) is 13.1 Å². The molecule has 1 heterocycles. The molecule has 18 heavy (non-hydrogen) atoms. The predicted molar refractivity (Wildman–Crippen MR) is 62.2 cm³/mol. The van der Waals surface area contributed by atoms with Crippen molar-refractivity contribution in [3.8, 4) is 0 Å². The Labute approximate surface area is 104 Å². The third-order valence-corrected chi connectivity index (χ3v) is 3.26. The first-order valence-electron chi connectivity index (χ1n) is 6.02. The molecule has 1 aliphatic heterocycles. The molecule has 1 aliphatic rings. The van der Waals surface area contributed by atoms with Crippen molar-refractivity contribution < 1.29 is 18.7 Å². The van der Waals surface area contributed by atoms with Gasteiger partial charge in [0.05, 0.1) is 5.56 Å². The Morgan fingerprint density at radius 2 is 1.72 bits per heavy atom. The molecule has 1 atom stereocenters. The molecule has 1 unspecified atom stereocenters. The normalized spacial score (nSPS) is 18.6. The number of carbonyl (C=O) groups is 1. The molecule has 5 heteroatoms. The zero-order valence-corrected chi connectivity index (χ0v) is 9.90. The molecular formula is C13H15F2NO2. The summed E-state index contributed by atoms with van der Waals surface area (Å²) in [6.07, 6.45) is 2.75. The molecule has 98 valence electrons. The second-order valence-corrected chi connectivity index (χ2v) is 4.47. The van der Waals surface area contributed by atoms with Crippen molar-refractivity contribution in [2.24, 2.45) is 0 Å². The number of carboxylic acids is 1. The van der Waals surface area contributed by atoms with Gasteiger partial charge in [-0.05, 0) is 38.1 Å². The van der Waals surface area contributed by atoms with E-state index in [9.17, 15) is 18.7 Å². The molecule has 0 radical (unpaired) electrons. The van der Waals surface area contributed by atoms with Gasteiger partial charge < -0.3 is 5.11 Å². The van der Waals surface area contributed by atoms with Crippen molar-refractivity contribution in [2.45, 2.75) is 25.3 Å². The first-order chi connectivity index (χ1) is 8.61. The summed E-state index contributed by atoms with van der Waals surface area (Å²) in [7, 11) is 0. The number of likely N-dealkylation sites (tertiary alicyclic amines) is 1. The number of halogens is 2. The van der Waals surface area contributed by atoms with Crippen LogP contribution in [-0.4, -0.2) is 29.1 Å². The van der Waals surface area contributed by atoms with Crippen molar-refractivity contribution in [3.63, 3.8) is 0 Å². The zero-order valence-electron chi connectivity index (χ0n) is 9.90. The van der Waals surface area contributed by atoms with Gasteiger partial charge in [-0.15, -0.1) is 0 Å². The summed E-state index contributed by atoms with van der Waals surface area (Å²) in [6.45, 7) is 1.12. The fraction of sp³-hybridized carbons (Fsp3) is 0.462. The molecule has 0 saturated carbocycles. The molecule has 1 aromatic rings. The van der Waals surface area contributed by atoms with Crippen LogP contribution >= 0.6 is 0 Å². The highest BCUT2D eigenvalue weighted by Crippen LogP contribution is 2.28. The van der Waals surface area contributed by atoms with Gasteiger partial charge in [0, 0.05) is 0 Å². The molecule has 0 aliphatic carbocycles. The Hall–Kier alpha value is -1.49. The monoisotopic (exact) mass is 255 g/mol. The lowest BCUT2D eigenvalue weighted by molar-refractivity contribution is -0.144. The van der Waals surface area contributed by atoms with E-state index in [-0.39, 0.29) is 5.56 Å². The van der Waals surface area contributed by atoms with E-state index in [1.54, 1.807) is 4.90 Å². The highest BCUT2D eigenvalue weighted by atomic mass is 19.1. The van der Waals surface area contributed by atoms with Crippen LogP contribution in [-0.2, 0) is 4.79 Å². The summed E-state index contributed by atoms with van der Waals surface area (Å²) in [6, 6.07) is 2.20. The summed E-state index contributed by atoms with van der Waals surface area (Å²) in [5.41, 5.74) is -0.355. The third-order valence-electron chi connectivity index (χ3n) is 3.26. The topological polar surface area (TPSA) is 40.5 Å². The summed E-state index contributed by atoms with van der Waals surface area (Å²) in [5.74, 6) is -2.80. The molecule has 0 bridgehead atoms. The Kier molecular flexibility index (Phi) is 3.91. The Morgan fingerprint density at radius 1 is 1.17 bits per heavy atom. The Morgan fingerprint density at radius 3 is 2.22 bits per heavy atom. The number of rotatable bonds is 3.